The molecule has 0 aliphatic carbocycles. The Morgan fingerprint density at radius 3 is 2.56 bits per heavy atom. The summed E-state index contributed by atoms with van der Waals surface area (Å²) in [7, 11) is 0. The molecule has 0 aliphatic rings. The van der Waals surface area contributed by atoms with Crippen molar-refractivity contribution in [3.05, 3.63) is 23.0 Å². The van der Waals surface area contributed by atoms with Crippen molar-refractivity contribution in [1.82, 2.24) is 4.98 Å². The van der Waals surface area contributed by atoms with Gasteiger partial charge in [0.25, 0.3) is 0 Å². The first-order valence-corrected chi connectivity index (χ1v) is 5.97. The summed E-state index contributed by atoms with van der Waals surface area (Å²) in [6.45, 7) is 7.12. The predicted molar refractivity (Wildman–Crippen MR) is 70.1 cm³/mol. The van der Waals surface area contributed by atoms with Crippen molar-refractivity contribution in [3.63, 3.8) is 0 Å². The van der Waals surface area contributed by atoms with E-state index >= 15 is 0 Å². The molecule has 1 heterocycles. The second kappa shape index (κ2) is 5.82. The third-order valence-electron chi connectivity index (χ3n) is 2.64. The topological polar surface area (TPSA) is 82.5 Å². The number of aliphatic hydroxyl groups is 1. The van der Waals surface area contributed by atoms with Gasteiger partial charge in [-0.1, -0.05) is 0 Å². The summed E-state index contributed by atoms with van der Waals surface area (Å²) in [5, 5.41) is 21.6. The number of carbonyl (C=O) groups is 1. The molecule has 0 fully saturated rings. The lowest BCUT2D eigenvalue weighted by Gasteiger charge is -2.19. The van der Waals surface area contributed by atoms with Gasteiger partial charge in [0.05, 0.1) is 17.5 Å². The number of hydrogen-bond donors (Lipinski definition) is 3. The van der Waals surface area contributed by atoms with Gasteiger partial charge in [-0.05, 0) is 40.2 Å². The molecule has 0 spiro atoms. The number of nitrogens with zero attached hydrogens (tertiary/aromatic N) is 1. The van der Waals surface area contributed by atoms with Crippen LogP contribution >= 0.6 is 0 Å². The van der Waals surface area contributed by atoms with Gasteiger partial charge in [-0.3, -0.25) is 4.98 Å². The van der Waals surface area contributed by atoms with Crippen LogP contribution in [0.2, 0.25) is 0 Å². The standard InChI is InChI=1S/C13H20N2O3/c1-7(5-9(3)16)15-11-6-8(2)14-10(4)12(11)13(17)18/h6-7,9,16H,5H2,1-4H3,(H,14,15)(H,17,18). The maximum atomic E-state index is 11.2. The fraction of sp³-hybridized carbons (Fsp3) is 0.538. The van der Waals surface area contributed by atoms with E-state index in [1.165, 1.54) is 0 Å². The van der Waals surface area contributed by atoms with Crippen LogP contribution in [-0.4, -0.2) is 33.3 Å². The summed E-state index contributed by atoms with van der Waals surface area (Å²) in [6.07, 6.45) is 0.129. The van der Waals surface area contributed by atoms with E-state index in [9.17, 15) is 15.0 Å². The van der Waals surface area contributed by atoms with Gasteiger partial charge >= 0.3 is 5.97 Å². The Kier molecular flexibility index (Phi) is 4.67. The Bertz CT molecular complexity index is 444. The molecule has 5 nitrogen and oxygen atoms in total. The van der Waals surface area contributed by atoms with Gasteiger partial charge in [0.2, 0.25) is 0 Å². The average molecular weight is 252 g/mol. The van der Waals surface area contributed by atoms with E-state index in [1.807, 2.05) is 13.8 Å². The molecule has 0 saturated heterocycles. The van der Waals surface area contributed by atoms with Crippen molar-refractivity contribution in [2.75, 3.05) is 5.32 Å². The highest BCUT2D eigenvalue weighted by Crippen LogP contribution is 2.21. The summed E-state index contributed by atoms with van der Waals surface area (Å²) < 4.78 is 0. The number of aromatic carboxylic acids is 1. The lowest BCUT2D eigenvalue weighted by atomic mass is 10.1. The highest BCUT2D eigenvalue weighted by atomic mass is 16.4. The first-order chi connectivity index (χ1) is 8.31. The molecule has 1 aromatic heterocycles. The van der Waals surface area contributed by atoms with Crippen LogP contribution in [0.4, 0.5) is 5.69 Å². The van der Waals surface area contributed by atoms with Crippen LogP contribution < -0.4 is 5.32 Å². The van der Waals surface area contributed by atoms with Gasteiger partial charge in [-0.2, -0.15) is 0 Å². The molecule has 0 saturated carbocycles. The molecule has 0 aromatic carbocycles. The number of carboxylic acids is 1. The SMILES string of the molecule is Cc1cc(NC(C)CC(C)O)c(C(=O)O)c(C)n1. The van der Waals surface area contributed by atoms with Crippen molar-refractivity contribution in [3.8, 4) is 0 Å². The Morgan fingerprint density at radius 1 is 1.44 bits per heavy atom. The fourth-order valence-electron chi connectivity index (χ4n) is 2.05. The molecule has 2 atom stereocenters. The molecule has 0 bridgehead atoms. The smallest absolute Gasteiger partial charge is 0.339 e. The molecule has 1 rings (SSSR count). The average Bonchev–Trinajstić information content (AvgIpc) is 2.12. The van der Waals surface area contributed by atoms with Crippen LogP contribution in [0.3, 0.4) is 0 Å². The predicted octanol–water partition coefficient (Wildman–Crippen LogP) is 1.97. The van der Waals surface area contributed by atoms with Crippen molar-refractivity contribution in [2.24, 2.45) is 0 Å². The fourth-order valence-corrected chi connectivity index (χ4v) is 2.05. The van der Waals surface area contributed by atoms with Crippen LogP contribution in [0.1, 0.15) is 42.0 Å². The Hall–Kier alpha value is -1.62. The maximum Gasteiger partial charge on any atom is 0.339 e. The zero-order chi connectivity index (χ0) is 13.9. The second-order valence-electron chi connectivity index (χ2n) is 4.71. The van der Waals surface area contributed by atoms with E-state index < -0.39 is 12.1 Å². The number of pyridine rings is 1. The first kappa shape index (κ1) is 14.4. The van der Waals surface area contributed by atoms with Crippen LogP contribution in [-0.2, 0) is 0 Å². The number of aromatic nitrogens is 1. The van der Waals surface area contributed by atoms with Crippen LogP contribution in [0.25, 0.3) is 0 Å². The number of aryl methyl sites for hydroxylation is 2. The summed E-state index contributed by atoms with van der Waals surface area (Å²) in [5.74, 6) is -0.994. The number of nitrogens with one attached hydrogen (secondary N) is 1. The highest BCUT2D eigenvalue weighted by molar-refractivity contribution is 5.95. The molecule has 100 valence electrons. The highest BCUT2D eigenvalue weighted by Gasteiger charge is 2.17. The molecular formula is C13H20N2O3. The number of hydrogen-bond acceptors (Lipinski definition) is 4. The van der Waals surface area contributed by atoms with E-state index in [2.05, 4.69) is 10.3 Å². The van der Waals surface area contributed by atoms with Crippen LogP contribution in [0.5, 0.6) is 0 Å². The molecule has 1 aromatic rings. The minimum atomic E-state index is -0.994. The van der Waals surface area contributed by atoms with Crippen molar-refractivity contribution in [2.45, 2.75) is 46.3 Å². The number of aliphatic hydroxyl groups excluding tert-OH is 1. The monoisotopic (exact) mass is 252 g/mol. The minimum Gasteiger partial charge on any atom is -0.478 e. The Morgan fingerprint density at radius 2 is 2.06 bits per heavy atom. The van der Waals surface area contributed by atoms with E-state index in [0.717, 1.165) is 5.69 Å². The van der Waals surface area contributed by atoms with Gasteiger partial charge in [-0.15, -0.1) is 0 Å². The Balaban J connectivity index is 3.03. The molecule has 0 radical (unpaired) electrons. The van der Waals surface area contributed by atoms with Gasteiger partial charge in [0, 0.05) is 11.7 Å². The van der Waals surface area contributed by atoms with Gasteiger partial charge in [0.1, 0.15) is 5.56 Å². The van der Waals surface area contributed by atoms with Crippen LogP contribution in [0, 0.1) is 13.8 Å². The zero-order valence-corrected chi connectivity index (χ0v) is 11.2. The minimum absolute atomic E-state index is 0.00991. The van der Waals surface area contributed by atoms with Crippen molar-refractivity contribution in [1.29, 1.82) is 0 Å². The second-order valence-corrected chi connectivity index (χ2v) is 4.71. The lowest BCUT2D eigenvalue weighted by molar-refractivity contribution is 0.0696. The summed E-state index contributed by atoms with van der Waals surface area (Å²) in [5.41, 5.74) is 2.01. The third-order valence-corrected chi connectivity index (χ3v) is 2.64. The first-order valence-electron chi connectivity index (χ1n) is 5.97. The van der Waals surface area contributed by atoms with Gasteiger partial charge in [-0.25, -0.2) is 4.79 Å². The Labute approximate surface area is 107 Å². The number of anilines is 1. The summed E-state index contributed by atoms with van der Waals surface area (Å²) >= 11 is 0. The normalized spacial score (nSPS) is 14.1. The molecule has 0 amide bonds. The molecule has 3 N–H and O–H groups in total. The van der Waals surface area contributed by atoms with E-state index in [4.69, 9.17) is 0 Å². The quantitative estimate of drug-likeness (QED) is 0.746. The van der Waals surface area contributed by atoms with E-state index in [1.54, 1.807) is 19.9 Å². The maximum absolute atomic E-state index is 11.2. The van der Waals surface area contributed by atoms with Gasteiger partial charge in [0.15, 0.2) is 0 Å². The largest absolute Gasteiger partial charge is 0.478 e. The van der Waals surface area contributed by atoms with E-state index in [-0.39, 0.29) is 11.6 Å². The molecule has 18 heavy (non-hydrogen) atoms. The summed E-state index contributed by atoms with van der Waals surface area (Å²) in [4.78, 5) is 15.4. The summed E-state index contributed by atoms with van der Waals surface area (Å²) in [6, 6.07) is 1.71. The number of rotatable bonds is 5. The molecule has 2 unspecified atom stereocenters. The van der Waals surface area contributed by atoms with Crippen LogP contribution in [0.15, 0.2) is 6.07 Å². The lowest BCUT2D eigenvalue weighted by Crippen LogP contribution is -2.22. The van der Waals surface area contributed by atoms with Crippen molar-refractivity contribution < 1.29 is 15.0 Å². The number of carboxylic acid groups (broad SMARTS) is 1. The van der Waals surface area contributed by atoms with Gasteiger partial charge < -0.3 is 15.5 Å². The zero-order valence-electron chi connectivity index (χ0n) is 11.2. The molecule has 5 heteroatoms. The van der Waals surface area contributed by atoms with Crippen molar-refractivity contribution >= 4 is 11.7 Å². The molecular weight excluding hydrogens is 232 g/mol. The van der Waals surface area contributed by atoms with E-state index in [0.29, 0.717) is 17.8 Å². The third kappa shape index (κ3) is 3.70. The molecule has 0 aliphatic heterocycles.